The van der Waals surface area contributed by atoms with Crippen molar-refractivity contribution in [1.29, 1.82) is 0 Å². The van der Waals surface area contributed by atoms with Crippen molar-refractivity contribution in [2.24, 2.45) is 0 Å². The number of ether oxygens (including phenoxy) is 1. The molecular formula is C26H29N3O6S2. The second-order valence-corrected chi connectivity index (χ2v) is 11.3. The van der Waals surface area contributed by atoms with Crippen LogP contribution in [0.4, 0.5) is 11.4 Å². The average Bonchev–Trinajstić information content (AvgIpc) is 2.88. The highest BCUT2D eigenvalue weighted by molar-refractivity contribution is 7.98. The van der Waals surface area contributed by atoms with Crippen LogP contribution in [-0.4, -0.2) is 45.2 Å². The number of aryl methyl sites for hydroxylation is 2. The molecule has 0 saturated carbocycles. The fourth-order valence-electron chi connectivity index (χ4n) is 3.46. The number of amides is 1. The molecule has 1 N–H and O–H groups in total. The zero-order chi connectivity index (χ0) is 27.0. The normalized spacial score (nSPS) is 11.1. The van der Waals surface area contributed by atoms with E-state index in [2.05, 4.69) is 29.6 Å². The predicted octanol–water partition coefficient (Wildman–Crippen LogP) is 4.47. The first-order chi connectivity index (χ1) is 17.6. The number of methoxy groups -OCH3 is 1. The summed E-state index contributed by atoms with van der Waals surface area (Å²) in [6, 6.07) is 18.1. The maximum atomic E-state index is 13.6. The van der Waals surface area contributed by atoms with Gasteiger partial charge >= 0.3 is 0 Å². The van der Waals surface area contributed by atoms with Crippen molar-refractivity contribution in [1.82, 2.24) is 5.32 Å². The number of benzene rings is 3. The number of anilines is 1. The van der Waals surface area contributed by atoms with Crippen LogP contribution in [0.2, 0.25) is 0 Å². The van der Waals surface area contributed by atoms with Gasteiger partial charge in [0.15, 0.2) is 0 Å². The molecule has 1 amide bonds. The smallest absolute Gasteiger partial charge is 0.273 e. The van der Waals surface area contributed by atoms with Crippen molar-refractivity contribution < 1.29 is 22.9 Å². The molecule has 0 unspecified atom stereocenters. The highest BCUT2D eigenvalue weighted by atomic mass is 32.2. The van der Waals surface area contributed by atoms with Gasteiger partial charge in [-0.3, -0.25) is 19.2 Å². The number of nitrogens with zero attached hydrogens (tertiary/aromatic N) is 2. The number of nitro benzene ring substituents is 1. The van der Waals surface area contributed by atoms with E-state index in [9.17, 15) is 23.3 Å². The Hall–Kier alpha value is -3.57. The summed E-state index contributed by atoms with van der Waals surface area (Å²) in [5, 5.41) is 14.1. The second kappa shape index (κ2) is 12.6. The van der Waals surface area contributed by atoms with Crippen molar-refractivity contribution in [3.05, 3.63) is 93.5 Å². The summed E-state index contributed by atoms with van der Waals surface area (Å²) in [7, 11) is -2.81. The molecule has 9 nitrogen and oxygen atoms in total. The zero-order valence-electron chi connectivity index (χ0n) is 20.8. The zero-order valence-corrected chi connectivity index (χ0v) is 22.5. The molecule has 0 aliphatic rings. The average molecular weight is 544 g/mol. The fourth-order valence-corrected chi connectivity index (χ4v) is 5.72. The Kier molecular flexibility index (Phi) is 9.54. The van der Waals surface area contributed by atoms with Gasteiger partial charge in [0.05, 0.1) is 22.6 Å². The monoisotopic (exact) mass is 543 g/mol. The van der Waals surface area contributed by atoms with Crippen molar-refractivity contribution in [3.63, 3.8) is 0 Å². The van der Waals surface area contributed by atoms with E-state index in [-0.39, 0.29) is 16.3 Å². The molecule has 0 radical (unpaired) electrons. The van der Waals surface area contributed by atoms with E-state index in [4.69, 9.17) is 4.74 Å². The molecule has 37 heavy (non-hydrogen) atoms. The predicted molar refractivity (Wildman–Crippen MR) is 146 cm³/mol. The lowest BCUT2D eigenvalue weighted by atomic mass is 10.2. The Morgan fingerprint density at radius 2 is 1.73 bits per heavy atom. The van der Waals surface area contributed by atoms with Crippen LogP contribution in [0.5, 0.6) is 5.75 Å². The van der Waals surface area contributed by atoms with E-state index in [0.29, 0.717) is 23.6 Å². The number of hydrogen-bond acceptors (Lipinski definition) is 7. The molecule has 0 atom stereocenters. The molecule has 0 saturated heterocycles. The minimum absolute atomic E-state index is 0.230. The first-order valence-electron chi connectivity index (χ1n) is 11.4. The summed E-state index contributed by atoms with van der Waals surface area (Å²) in [6.45, 7) is 3.43. The van der Waals surface area contributed by atoms with Gasteiger partial charge in [0.1, 0.15) is 12.3 Å². The summed E-state index contributed by atoms with van der Waals surface area (Å²) < 4.78 is 33.2. The van der Waals surface area contributed by atoms with Gasteiger partial charge in [-0.15, -0.1) is 0 Å². The number of sulfonamides is 1. The molecule has 0 aliphatic carbocycles. The molecular weight excluding hydrogens is 514 g/mol. The van der Waals surface area contributed by atoms with E-state index in [1.165, 1.54) is 49.4 Å². The topological polar surface area (TPSA) is 119 Å². The van der Waals surface area contributed by atoms with E-state index in [1.54, 1.807) is 23.9 Å². The van der Waals surface area contributed by atoms with Crippen LogP contribution in [0.15, 0.2) is 71.6 Å². The molecule has 0 heterocycles. The molecule has 0 spiro atoms. The lowest BCUT2D eigenvalue weighted by molar-refractivity contribution is -0.385. The standard InChI is InChI=1S/C26H29N3O6S2/c1-19-4-7-21(8-5-19)18-36-15-14-27-26(30)17-28(22-9-11-23(35-3)12-10-22)37(33,34)24-13-6-20(2)25(16-24)29(31)32/h4-13,16H,14-15,17-18H2,1-3H3,(H,27,30). The highest BCUT2D eigenvalue weighted by Crippen LogP contribution is 2.29. The molecule has 3 rings (SSSR count). The second-order valence-electron chi connectivity index (χ2n) is 8.30. The quantitative estimate of drug-likeness (QED) is 0.203. The summed E-state index contributed by atoms with van der Waals surface area (Å²) >= 11 is 1.66. The summed E-state index contributed by atoms with van der Waals surface area (Å²) in [5.74, 6) is 1.48. The van der Waals surface area contributed by atoms with Crippen LogP contribution in [-0.2, 0) is 20.6 Å². The number of thioether (sulfide) groups is 1. The first kappa shape index (κ1) is 28.0. The molecule has 0 aliphatic heterocycles. The summed E-state index contributed by atoms with van der Waals surface area (Å²) in [4.78, 5) is 23.2. The number of carbonyl (C=O) groups is 1. The maximum absolute atomic E-state index is 13.6. The number of carbonyl (C=O) groups excluding carboxylic acids is 1. The van der Waals surface area contributed by atoms with Crippen LogP contribution in [0.3, 0.4) is 0 Å². The number of rotatable bonds is 12. The third kappa shape index (κ3) is 7.46. The number of nitro groups is 1. The Labute approximate surface area is 221 Å². The van der Waals surface area contributed by atoms with Crippen molar-refractivity contribution in [2.45, 2.75) is 24.5 Å². The van der Waals surface area contributed by atoms with Gasteiger partial charge in [-0.05, 0) is 49.7 Å². The Morgan fingerprint density at radius 1 is 1.05 bits per heavy atom. The highest BCUT2D eigenvalue weighted by Gasteiger charge is 2.29. The minimum atomic E-state index is -4.29. The van der Waals surface area contributed by atoms with Gasteiger partial charge in [0, 0.05) is 29.7 Å². The summed E-state index contributed by atoms with van der Waals surface area (Å²) in [6.07, 6.45) is 0. The van der Waals surface area contributed by atoms with Crippen LogP contribution < -0.4 is 14.4 Å². The van der Waals surface area contributed by atoms with Gasteiger partial charge < -0.3 is 10.1 Å². The molecule has 0 bridgehead atoms. The van der Waals surface area contributed by atoms with Crippen molar-refractivity contribution in [3.8, 4) is 5.75 Å². The van der Waals surface area contributed by atoms with Crippen LogP contribution in [0.25, 0.3) is 0 Å². The largest absolute Gasteiger partial charge is 0.497 e. The third-order valence-corrected chi connectivity index (χ3v) is 8.37. The molecule has 196 valence electrons. The Balaban J connectivity index is 1.73. The van der Waals surface area contributed by atoms with E-state index in [0.717, 1.165) is 16.1 Å². The molecule has 11 heteroatoms. The van der Waals surface area contributed by atoms with Crippen LogP contribution >= 0.6 is 11.8 Å². The van der Waals surface area contributed by atoms with Crippen molar-refractivity contribution in [2.75, 3.05) is 30.3 Å². The van der Waals surface area contributed by atoms with E-state index < -0.39 is 27.4 Å². The lowest BCUT2D eigenvalue weighted by Crippen LogP contribution is -2.41. The number of hydrogen-bond donors (Lipinski definition) is 1. The third-order valence-electron chi connectivity index (χ3n) is 5.57. The van der Waals surface area contributed by atoms with Gasteiger partial charge in [-0.2, -0.15) is 11.8 Å². The molecule has 0 fully saturated rings. The fraction of sp³-hybridized carbons (Fsp3) is 0.269. The molecule has 0 aromatic heterocycles. The van der Waals surface area contributed by atoms with Gasteiger partial charge in [0.25, 0.3) is 15.7 Å². The van der Waals surface area contributed by atoms with Crippen LogP contribution in [0.1, 0.15) is 16.7 Å². The Morgan fingerprint density at radius 3 is 2.35 bits per heavy atom. The summed E-state index contributed by atoms with van der Waals surface area (Å²) in [5.41, 5.74) is 2.63. The number of nitrogens with one attached hydrogen (secondary N) is 1. The van der Waals surface area contributed by atoms with Gasteiger partial charge in [-0.25, -0.2) is 8.42 Å². The SMILES string of the molecule is COc1ccc(N(CC(=O)NCCSCc2ccc(C)cc2)S(=O)(=O)c2ccc(C)c([N+](=O)[O-])c2)cc1. The van der Waals surface area contributed by atoms with Crippen LogP contribution in [0, 0.1) is 24.0 Å². The minimum Gasteiger partial charge on any atom is -0.497 e. The van der Waals surface area contributed by atoms with Gasteiger partial charge in [0.2, 0.25) is 5.91 Å². The maximum Gasteiger partial charge on any atom is 0.273 e. The first-order valence-corrected chi connectivity index (χ1v) is 14.0. The Bertz CT molecular complexity index is 1340. The van der Waals surface area contributed by atoms with E-state index >= 15 is 0 Å². The van der Waals surface area contributed by atoms with Crippen molar-refractivity contribution >= 4 is 39.1 Å². The van der Waals surface area contributed by atoms with E-state index in [1.807, 2.05) is 6.92 Å². The molecule has 3 aromatic carbocycles. The molecule has 3 aromatic rings. The van der Waals surface area contributed by atoms with Gasteiger partial charge in [-0.1, -0.05) is 35.9 Å². The lowest BCUT2D eigenvalue weighted by Gasteiger charge is -2.24.